The number of fused-ring (bicyclic) bond motifs is 1. The average Bonchev–Trinajstić information content (AvgIpc) is 3.68. The molecule has 3 aromatic carbocycles. The van der Waals surface area contributed by atoms with Gasteiger partial charge in [-0.3, -0.25) is 14.1 Å². The molecule has 0 atom stereocenters. The molecule has 0 saturated heterocycles. The van der Waals surface area contributed by atoms with Crippen LogP contribution in [0.2, 0.25) is 0 Å². The van der Waals surface area contributed by atoms with Crippen LogP contribution in [0.3, 0.4) is 0 Å². The van der Waals surface area contributed by atoms with Gasteiger partial charge in [0.15, 0.2) is 24.0 Å². The van der Waals surface area contributed by atoms with E-state index in [-0.39, 0.29) is 53.2 Å². The Hall–Kier alpha value is -4.65. The number of aromatic amines is 1. The van der Waals surface area contributed by atoms with Gasteiger partial charge in [0.25, 0.3) is 6.01 Å². The first-order valence-electron chi connectivity index (χ1n) is 13.0. The van der Waals surface area contributed by atoms with Gasteiger partial charge in [0.1, 0.15) is 0 Å². The van der Waals surface area contributed by atoms with E-state index in [1.165, 1.54) is 0 Å². The van der Waals surface area contributed by atoms with Gasteiger partial charge in [0.2, 0.25) is 0 Å². The van der Waals surface area contributed by atoms with Crippen molar-refractivity contribution in [3.8, 4) is 28.5 Å². The van der Waals surface area contributed by atoms with Crippen molar-refractivity contribution in [3.63, 3.8) is 0 Å². The standard InChI is InChI=1S/C30H24N4O8.Na/c1-3-38-28-31-23-10-6-9-22(27(35)39-16-24-17(2)40-30(37)41-24)25(23)34(28)15-18-11-13-19(14-12-18)20-7-4-5-8-21(20)26-32-29(36)42-33-26;/h4-14H,3,15-16H2,1-2H3,(H,32,33,36);/q;+1. The van der Waals surface area contributed by atoms with Crippen molar-refractivity contribution in [1.29, 1.82) is 0 Å². The van der Waals surface area contributed by atoms with Crippen LogP contribution in [0, 0.1) is 6.92 Å². The molecule has 3 heterocycles. The molecule has 1 N–H and O–H groups in total. The number of rotatable bonds is 9. The number of hydrogen-bond donors (Lipinski definition) is 1. The fourth-order valence-corrected chi connectivity index (χ4v) is 4.69. The second-order valence-electron chi connectivity index (χ2n) is 9.28. The van der Waals surface area contributed by atoms with E-state index in [9.17, 15) is 14.4 Å². The zero-order chi connectivity index (χ0) is 29.2. The first-order chi connectivity index (χ1) is 20.4. The fraction of sp³-hybridized carbons (Fsp3) is 0.167. The maximum Gasteiger partial charge on any atom is 1.00 e. The summed E-state index contributed by atoms with van der Waals surface area (Å²) in [6.07, 6.45) is 0. The number of hydrogen-bond acceptors (Lipinski definition) is 10. The molecule has 0 aliphatic heterocycles. The van der Waals surface area contributed by atoms with Crippen LogP contribution in [0.15, 0.2) is 89.7 Å². The molecule has 43 heavy (non-hydrogen) atoms. The molecule has 0 fully saturated rings. The molecule has 6 rings (SSSR count). The molecule has 12 nitrogen and oxygen atoms in total. The summed E-state index contributed by atoms with van der Waals surface area (Å²) < 4.78 is 27.6. The van der Waals surface area contributed by atoms with Crippen LogP contribution in [0.25, 0.3) is 33.5 Å². The largest absolute Gasteiger partial charge is 1.00 e. The Morgan fingerprint density at radius 2 is 1.74 bits per heavy atom. The van der Waals surface area contributed by atoms with Gasteiger partial charge in [-0.2, -0.15) is 4.98 Å². The minimum Gasteiger partial charge on any atom is -0.465 e. The second kappa shape index (κ2) is 12.7. The number of nitrogens with one attached hydrogen (secondary N) is 1. The third-order valence-corrected chi connectivity index (χ3v) is 6.62. The number of imidazole rings is 1. The van der Waals surface area contributed by atoms with Gasteiger partial charge in [-0.05, 0) is 42.7 Å². The second-order valence-corrected chi connectivity index (χ2v) is 9.28. The van der Waals surface area contributed by atoms with Crippen molar-refractivity contribution in [2.75, 3.05) is 6.61 Å². The van der Waals surface area contributed by atoms with Crippen molar-refractivity contribution in [2.24, 2.45) is 0 Å². The summed E-state index contributed by atoms with van der Waals surface area (Å²) in [6, 6.07) is 20.9. The van der Waals surface area contributed by atoms with E-state index < -0.39 is 17.5 Å². The van der Waals surface area contributed by atoms with Crippen LogP contribution in [0.5, 0.6) is 6.01 Å². The summed E-state index contributed by atoms with van der Waals surface area (Å²) in [5, 5.41) is 3.83. The maximum atomic E-state index is 13.2. The number of esters is 1. The Morgan fingerprint density at radius 1 is 0.977 bits per heavy atom. The molecule has 3 aromatic heterocycles. The Labute approximate surface area is 265 Å². The van der Waals surface area contributed by atoms with E-state index in [4.69, 9.17) is 18.3 Å². The molecule has 13 heteroatoms. The number of ether oxygens (including phenoxy) is 2. The van der Waals surface area contributed by atoms with Gasteiger partial charge >= 0.3 is 47.1 Å². The van der Waals surface area contributed by atoms with Crippen molar-refractivity contribution in [2.45, 2.75) is 27.0 Å². The van der Waals surface area contributed by atoms with E-state index in [1.807, 2.05) is 60.0 Å². The number of nitrogens with zero attached hydrogens (tertiary/aromatic N) is 3. The van der Waals surface area contributed by atoms with Crippen LogP contribution in [0.4, 0.5) is 0 Å². The third kappa shape index (κ3) is 6.12. The van der Waals surface area contributed by atoms with Gasteiger partial charge in [0, 0.05) is 5.56 Å². The Bertz CT molecular complexity index is 2020. The predicted octanol–water partition coefficient (Wildman–Crippen LogP) is 1.71. The van der Waals surface area contributed by atoms with Gasteiger partial charge < -0.3 is 18.3 Å². The van der Waals surface area contributed by atoms with E-state index in [0.29, 0.717) is 36.0 Å². The Balaban J connectivity index is 0.00000368. The number of aryl methyl sites for hydroxylation is 1. The molecule has 6 aromatic rings. The summed E-state index contributed by atoms with van der Waals surface area (Å²) in [7, 11) is 0. The summed E-state index contributed by atoms with van der Waals surface area (Å²) in [4.78, 5) is 43.2. The molecule has 0 amide bonds. The summed E-state index contributed by atoms with van der Waals surface area (Å²) in [5.41, 5.74) is 4.80. The molecule has 0 bridgehead atoms. The third-order valence-electron chi connectivity index (χ3n) is 6.62. The van der Waals surface area contributed by atoms with Gasteiger partial charge in [-0.15, -0.1) is 0 Å². The van der Waals surface area contributed by atoms with E-state index in [2.05, 4.69) is 19.6 Å². The molecule has 0 spiro atoms. The Morgan fingerprint density at radius 3 is 2.42 bits per heavy atom. The molecule has 0 aliphatic carbocycles. The van der Waals surface area contributed by atoms with Crippen LogP contribution in [-0.4, -0.2) is 32.3 Å². The summed E-state index contributed by atoms with van der Waals surface area (Å²) in [5.74, 6) is -1.38. The van der Waals surface area contributed by atoms with Crippen LogP contribution < -0.4 is 45.9 Å². The number of benzene rings is 3. The number of H-pyrrole nitrogens is 1. The first-order valence-corrected chi connectivity index (χ1v) is 13.0. The molecular weight excluding hydrogens is 567 g/mol. The topological polar surface area (TPSA) is 156 Å². The zero-order valence-electron chi connectivity index (χ0n) is 23.6. The molecule has 0 aliphatic rings. The van der Waals surface area contributed by atoms with Crippen LogP contribution >= 0.6 is 0 Å². The van der Waals surface area contributed by atoms with Gasteiger partial charge in [-0.25, -0.2) is 14.4 Å². The van der Waals surface area contributed by atoms with Gasteiger partial charge in [0.05, 0.1) is 29.7 Å². The molecule has 0 saturated carbocycles. The molecule has 0 unspecified atom stereocenters. The number of carbonyl (C=O) groups is 1. The van der Waals surface area contributed by atoms with Crippen molar-refractivity contribution in [1.82, 2.24) is 19.7 Å². The minimum absolute atomic E-state index is 0. The summed E-state index contributed by atoms with van der Waals surface area (Å²) >= 11 is 0. The monoisotopic (exact) mass is 591 g/mol. The number of carbonyl (C=O) groups excluding carboxylic acids is 1. The van der Waals surface area contributed by atoms with E-state index >= 15 is 0 Å². The summed E-state index contributed by atoms with van der Waals surface area (Å²) in [6.45, 7) is 3.88. The van der Waals surface area contributed by atoms with E-state index in [1.54, 1.807) is 25.1 Å². The van der Waals surface area contributed by atoms with Gasteiger partial charge in [-0.1, -0.05) is 59.8 Å². The first kappa shape index (κ1) is 29.8. The van der Waals surface area contributed by atoms with Crippen LogP contribution in [0.1, 0.15) is 34.4 Å². The SMILES string of the molecule is CCOc1nc2cccc(C(=O)OCc3oc(=O)oc3C)c2n1Cc1ccc(-c2ccccc2-c2noc(=O)[nH]2)cc1.[Na+]. The smallest absolute Gasteiger partial charge is 0.465 e. The van der Waals surface area contributed by atoms with Crippen LogP contribution in [-0.2, 0) is 17.9 Å². The van der Waals surface area contributed by atoms with E-state index in [0.717, 1.165) is 22.3 Å². The normalized spacial score (nSPS) is 10.9. The fourth-order valence-electron chi connectivity index (χ4n) is 4.69. The molecular formula is C30H24N4NaO8+. The maximum absolute atomic E-state index is 13.2. The number of aromatic nitrogens is 4. The predicted molar refractivity (Wildman–Crippen MR) is 149 cm³/mol. The minimum atomic E-state index is -0.859. The number of para-hydroxylation sites is 1. The molecule has 0 radical (unpaired) electrons. The Kier molecular flexibility index (Phi) is 8.81. The van der Waals surface area contributed by atoms with Crippen molar-refractivity contribution >= 4 is 17.0 Å². The molecule has 212 valence electrons. The average molecular weight is 592 g/mol. The van der Waals surface area contributed by atoms with Crippen molar-refractivity contribution in [3.05, 3.63) is 111 Å². The zero-order valence-corrected chi connectivity index (χ0v) is 25.6. The quantitative estimate of drug-likeness (QED) is 0.194. The van der Waals surface area contributed by atoms with Crippen molar-refractivity contribution < 1.29 is 57.2 Å².